The molecule has 0 fully saturated rings. The second-order valence-corrected chi connectivity index (χ2v) is 6.04. The molecular formula is C18H20N4O. The maximum absolute atomic E-state index is 13.0. The second-order valence-electron chi connectivity index (χ2n) is 6.04. The van der Waals surface area contributed by atoms with Crippen LogP contribution in [-0.4, -0.2) is 21.0 Å². The Bertz CT molecular complexity index is 799. The third-order valence-corrected chi connectivity index (χ3v) is 4.64. The molecule has 0 amide bonds. The van der Waals surface area contributed by atoms with Crippen molar-refractivity contribution in [2.75, 3.05) is 5.73 Å². The number of nitrogen functional groups attached to an aromatic ring is 1. The number of hydrogen-bond acceptors (Lipinski definition) is 4. The number of unbranched alkanes of at least 4 members (excludes halogenated alkanes) is 1. The van der Waals surface area contributed by atoms with Crippen molar-refractivity contribution < 1.29 is 4.79 Å². The van der Waals surface area contributed by atoms with Crippen LogP contribution >= 0.6 is 0 Å². The van der Waals surface area contributed by atoms with Crippen molar-refractivity contribution in [1.82, 2.24) is 15.2 Å². The van der Waals surface area contributed by atoms with Crippen molar-refractivity contribution in [3.63, 3.8) is 0 Å². The molecule has 2 aromatic heterocycles. The average molecular weight is 308 g/mol. The number of ketones is 1. The van der Waals surface area contributed by atoms with Crippen LogP contribution < -0.4 is 5.73 Å². The molecule has 118 valence electrons. The van der Waals surface area contributed by atoms with Gasteiger partial charge in [0.25, 0.3) is 0 Å². The smallest absolute Gasteiger partial charge is 0.170 e. The largest absolute Gasteiger partial charge is 0.397 e. The van der Waals surface area contributed by atoms with Crippen molar-refractivity contribution in [2.24, 2.45) is 11.8 Å². The molecule has 0 spiro atoms. The number of hydrogen-bond donors (Lipinski definition) is 2. The molecule has 2 heterocycles. The fraction of sp³-hybridized carbons (Fsp3) is 0.389. The van der Waals surface area contributed by atoms with E-state index in [2.05, 4.69) is 27.7 Å². The van der Waals surface area contributed by atoms with E-state index in [1.165, 1.54) is 0 Å². The fourth-order valence-electron chi connectivity index (χ4n) is 3.50. The van der Waals surface area contributed by atoms with Crippen LogP contribution in [0.1, 0.15) is 41.7 Å². The summed E-state index contributed by atoms with van der Waals surface area (Å²) >= 11 is 0. The van der Waals surface area contributed by atoms with Gasteiger partial charge in [0, 0.05) is 12.3 Å². The van der Waals surface area contributed by atoms with E-state index >= 15 is 0 Å². The second kappa shape index (κ2) is 6.25. The number of rotatable bonds is 5. The molecule has 0 saturated carbocycles. The molecule has 0 bridgehead atoms. The molecule has 2 atom stereocenters. The third kappa shape index (κ3) is 2.61. The molecule has 1 aliphatic carbocycles. The van der Waals surface area contributed by atoms with E-state index in [0.717, 1.165) is 31.4 Å². The maximum Gasteiger partial charge on any atom is 0.170 e. The first-order valence-electron chi connectivity index (χ1n) is 7.87. The number of carbonyl (C=O) groups excluding carboxylic acids is 1. The van der Waals surface area contributed by atoms with E-state index in [1.807, 2.05) is 6.08 Å². The molecule has 3 N–H and O–H groups in total. The number of carbonyl (C=O) groups is 1. The van der Waals surface area contributed by atoms with Gasteiger partial charge in [-0.1, -0.05) is 6.08 Å². The highest BCUT2D eigenvalue weighted by Crippen LogP contribution is 2.38. The van der Waals surface area contributed by atoms with Gasteiger partial charge in [0.2, 0.25) is 0 Å². The topological polar surface area (TPSA) is 84.7 Å². The van der Waals surface area contributed by atoms with Crippen LogP contribution in [0.2, 0.25) is 0 Å². The highest BCUT2D eigenvalue weighted by atomic mass is 16.1. The number of nitrogens with zero attached hydrogens (tertiary/aromatic N) is 2. The van der Waals surface area contributed by atoms with Gasteiger partial charge in [-0.05, 0) is 31.6 Å². The highest BCUT2D eigenvalue weighted by Gasteiger charge is 2.37. The minimum absolute atomic E-state index is 0.0740. The summed E-state index contributed by atoms with van der Waals surface area (Å²) in [6, 6.07) is 0. The van der Waals surface area contributed by atoms with Gasteiger partial charge in [-0.15, -0.1) is 18.9 Å². The highest BCUT2D eigenvalue weighted by molar-refractivity contribution is 6.09. The van der Waals surface area contributed by atoms with Gasteiger partial charge in [0.15, 0.2) is 11.4 Å². The van der Waals surface area contributed by atoms with Crippen LogP contribution in [0.25, 0.3) is 11.0 Å². The SMILES string of the molecule is C#CCCCC1Cc2nc3[nH]ncc3c(N)c2C(=O)C1CC=C. The summed E-state index contributed by atoms with van der Waals surface area (Å²) in [7, 11) is 0. The van der Waals surface area contributed by atoms with Crippen molar-refractivity contribution in [1.29, 1.82) is 0 Å². The summed E-state index contributed by atoms with van der Waals surface area (Å²) in [6.45, 7) is 3.79. The number of Topliss-reactive ketones (excluding diaryl/α,β-unsaturated/α-hetero) is 1. The molecule has 0 aliphatic heterocycles. The predicted octanol–water partition coefficient (Wildman–Crippen LogP) is 2.89. The summed E-state index contributed by atoms with van der Waals surface area (Å²) in [5, 5.41) is 7.52. The van der Waals surface area contributed by atoms with Gasteiger partial charge < -0.3 is 5.73 Å². The number of fused-ring (bicyclic) bond motifs is 2. The third-order valence-electron chi connectivity index (χ3n) is 4.64. The lowest BCUT2D eigenvalue weighted by Crippen LogP contribution is -2.33. The molecule has 2 aromatic rings. The lowest BCUT2D eigenvalue weighted by Gasteiger charge is -2.31. The Morgan fingerprint density at radius 2 is 2.39 bits per heavy atom. The number of pyridine rings is 1. The Morgan fingerprint density at radius 1 is 1.57 bits per heavy atom. The zero-order valence-electron chi connectivity index (χ0n) is 13.0. The number of aromatic amines is 1. The van der Waals surface area contributed by atoms with Crippen LogP contribution in [0.5, 0.6) is 0 Å². The van der Waals surface area contributed by atoms with Crippen molar-refractivity contribution in [2.45, 2.75) is 32.1 Å². The molecule has 1 aliphatic rings. The maximum atomic E-state index is 13.0. The van der Waals surface area contributed by atoms with Gasteiger partial charge in [-0.3, -0.25) is 9.89 Å². The summed E-state index contributed by atoms with van der Waals surface area (Å²) < 4.78 is 0. The number of anilines is 1. The molecule has 5 nitrogen and oxygen atoms in total. The lowest BCUT2D eigenvalue weighted by molar-refractivity contribution is 0.0846. The van der Waals surface area contributed by atoms with Crippen molar-refractivity contribution in [3.05, 3.63) is 30.1 Å². The van der Waals surface area contributed by atoms with Crippen LogP contribution in [-0.2, 0) is 6.42 Å². The van der Waals surface area contributed by atoms with Crippen molar-refractivity contribution in [3.8, 4) is 12.3 Å². The minimum Gasteiger partial charge on any atom is -0.397 e. The number of terminal acetylenes is 1. The van der Waals surface area contributed by atoms with Crippen LogP contribution in [0.3, 0.4) is 0 Å². The first-order chi connectivity index (χ1) is 11.2. The Kier molecular flexibility index (Phi) is 4.16. The van der Waals surface area contributed by atoms with E-state index in [-0.39, 0.29) is 17.6 Å². The summed E-state index contributed by atoms with van der Waals surface area (Å²) in [4.78, 5) is 17.6. The van der Waals surface area contributed by atoms with Crippen LogP contribution in [0.15, 0.2) is 18.9 Å². The summed E-state index contributed by atoms with van der Waals surface area (Å²) in [5.41, 5.74) is 8.69. The minimum atomic E-state index is -0.0915. The molecular weight excluding hydrogens is 288 g/mol. The molecule has 3 rings (SSSR count). The number of aromatic nitrogens is 3. The Labute approximate surface area is 135 Å². The van der Waals surface area contributed by atoms with Gasteiger partial charge in [-0.2, -0.15) is 5.10 Å². The fourth-order valence-corrected chi connectivity index (χ4v) is 3.50. The zero-order valence-corrected chi connectivity index (χ0v) is 13.0. The van der Waals surface area contributed by atoms with Gasteiger partial charge in [0.1, 0.15) is 0 Å². The van der Waals surface area contributed by atoms with E-state index in [9.17, 15) is 4.79 Å². The monoisotopic (exact) mass is 308 g/mol. The van der Waals surface area contributed by atoms with E-state index in [1.54, 1.807) is 6.20 Å². The molecule has 0 aromatic carbocycles. The molecule has 0 saturated heterocycles. The molecule has 2 unspecified atom stereocenters. The summed E-state index contributed by atoms with van der Waals surface area (Å²) in [6.07, 6.45) is 12.7. The van der Waals surface area contributed by atoms with Crippen LogP contribution in [0, 0.1) is 24.2 Å². The van der Waals surface area contributed by atoms with Gasteiger partial charge >= 0.3 is 0 Å². The first kappa shape index (κ1) is 15.3. The standard InChI is InChI=1S/C18H20N4O/c1-3-5-6-8-11-9-14-15(17(23)12(11)7-4-2)16(19)13-10-20-22-18(13)21-14/h1,4,10-12H,2,5-9H2,(H3,19,20,21,22). The van der Waals surface area contributed by atoms with E-state index in [0.29, 0.717) is 28.7 Å². The number of nitrogens with two attached hydrogens (primary N) is 1. The van der Waals surface area contributed by atoms with E-state index in [4.69, 9.17) is 12.2 Å². The van der Waals surface area contributed by atoms with Crippen LogP contribution in [0.4, 0.5) is 5.69 Å². The Balaban J connectivity index is 2.02. The predicted molar refractivity (Wildman–Crippen MR) is 90.8 cm³/mol. The van der Waals surface area contributed by atoms with Gasteiger partial charge in [-0.25, -0.2) is 4.98 Å². The number of H-pyrrole nitrogens is 1. The van der Waals surface area contributed by atoms with Gasteiger partial charge in [0.05, 0.1) is 28.5 Å². The molecule has 23 heavy (non-hydrogen) atoms. The quantitative estimate of drug-likeness (QED) is 0.505. The number of allylic oxidation sites excluding steroid dienone is 1. The summed E-state index contributed by atoms with van der Waals surface area (Å²) in [5.74, 6) is 2.87. The molecule has 0 radical (unpaired) electrons. The first-order valence-corrected chi connectivity index (χ1v) is 7.87. The zero-order chi connectivity index (χ0) is 16.4. The Hall–Kier alpha value is -2.61. The average Bonchev–Trinajstić information content (AvgIpc) is 2.99. The van der Waals surface area contributed by atoms with Crippen molar-refractivity contribution >= 4 is 22.5 Å². The molecule has 5 heteroatoms. The lowest BCUT2D eigenvalue weighted by atomic mass is 9.72. The number of nitrogens with one attached hydrogen (secondary N) is 1. The normalized spacial score (nSPS) is 20.2. The van der Waals surface area contributed by atoms with E-state index < -0.39 is 0 Å². The Morgan fingerprint density at radius 3 is 3.13 bits per heavy atom.